The average molecular weight is 308 g/mol. The predicted octanol–water partition coefficient (Wildman–Crippen LogP) is 3.20. The lowest BCUT2D eigenvalue weighted by molar-refractivity contribution is 0.602. The van der Waals surface area contributed by atoms with E-state index in [2.05, 4.69) is 10.0 Å². The van der Waals surface area contributed by atoms with E-state index in [4.69, 9.17) is 0 Å². The zero-order valence-corrected chi connectivity index (χ0v) is 12.5. The summed E-state index contributed by atoms with van der Waals surface area (Å²) in [6.45, 7) is 2.08. The Bertz CT molecular complexity index is 700. The third kappa shape index (κ3) is 4.75. The smallest absolute Gasteiger partial charge is 0.232 e. The van der Waals surface area contributed by atoms with Crippen molar-refractivity contribution in [2.45, 2.75) is 13.5 Å². The van der Waals surface area contributed by atoms with Gasteiger partial charge in [-0.3, -0.25) is 4.72 Å². The summed E-state index contributed by atoms with van der Waals surface area (Å²) < 4.78 is 38.4. The maximum absolute atomic E-state index is 13.0. The predicted molar refractivity (Wildman–Crippen MR) is 83.3 cm³/mol. The van der Waals surface area contributed by atoms with Crippen LogP contribution in [0.4, 0.5) is 15.8 Å². The Morgan fingerprint density at radius 3 is 2.33 bits per heavy atom. The topological polar surface area (TPSA) is 58.2 Å². The Kier molecular flexibility index (Phi) is 4.80. The molecule has 0 spiro atoms. The molecule has 0 aromatic heterocycles. The number of sulfonamides is 1. The molecule has 2 aromatic carbocycles. The van der Waals surface area contributed by atoms with Crippen LogP contribution in [0.15, 0.2) is 48.5 Å². The van der Waals surface area contributed by atoms with E-state index in [-0.39, 0.29) is 11.6 Å². The van der Waals surface area contributed by atoms with Gasteiger partial charge in [-0.25, -0.2) is 12.8 Å². The minimum Gasteiger partial charge on any atom is -0.381 e. The number of benzene rings is 2. The highest BCUT2D eigenvalue weighted by Gasteiger charge is 2.06. The van der Waals surface area contributed by atoms with Gasteiger partial charge in [0.15, 0.2) is 0 Å². The fourth-order valence-corrected chi connectivity index (χ4v) is 2.40. The average Bonchev–Trinajstić information content (AvgIpc) is 2.46. The molecule has 2 aromatic rings. The second-order valence-corrected chi connectivity index (χ2v) is 6.58. The van der Waals surface area contributed by atoms with E-state index in [0.717, 1.165) is 11.3 Å². The summed E-state index contributed by atoms with van der Waals surface area (Å²) in [5, 5.41) is 3.15. The normalized spacial score (nSPS) is 11.1. The van der Waals surface area contributed by atoms with Crippen molar-refractivity contribution in [1.82, 2.24) is 0 Å². The van der Waals surface area contributed by atoms with Crippen LogP contribution in [0.3, 0.4) is 0 Å². The summed E-state index contributed by atoms with van der Waals surface area (Å²) >= 11 is 0. The van der Waals surface area contributed by atoms with Crippen molar-refractivity contribution in [1.29, 1.82) is 0 Å². The molecule has 21 heavy (non-hydrogen) atoms. The summed E-state index contributed by atoms with van der Waals surface area (Å²) in [7, 11) is -3.26. The minimum absolute atomic E-state index is 0.0343. The Labute approximate surface area is 124 Å². The number of nitrogens with one attached hydrogen (secondary N) is 2. The van der Waals surface area contributed by atoms with Gasteiger partial charge in [0, 0.05) is 17.9 Å². The van der Waals surface area contributed by atoms with Crippen molar-refractivity contribution in [3.63, 3.8) is 0 Å². The van der Waals surface area contributed by atoms with Gasteiger partial charge in [-0.15, -0.1) is 0 Å². The van der Waals surface area contributed by atoms with Crippen LogP contribution >= 0.6 is 0 Å². The van der Waals surface area contributed by atoms with Gasteiger partial charge < -0.3 is 5.32 Å². The molecular formula is C15H17FN2O2S. The molecular weight excluding hydrogens is 291 g/mol. The fraction of sp³-hybridized carbons (Fsp3) is 0.200. The zero-order valence-electron chi connectivity index (χ0n) is 11.6. The number of halogens is 1. The SMILES string of the molecule is CCS(=O)(=O)Nc1ccc(NCc2cccc(F)c2)cc1. The highest BCUT2D eigenvalue weighted by atomic mass is 32.2. The summed E-state index contributed by atoms with van der Waals surface area (Å²) in [6, 6.07) is 13.3. The first kappa shape index (κ1) is 15.3. The van der Waals surface area contributed by atoms with Gasteiger partial charge >= 0.3 is 0 Å². The van der Waals surface area contributed by atoms with Crippen molar-refractivity contribution in [3.05, 3.63) is 59.9 Å². The number of anilines is 2. The first-order valence-electron chi connectivity index (χ1n) is 6.57. The van der Waals surface area contributed by atoms with E-state index in [1.807, 2.05) is 6.07 Å². The molecule has 112 valence electrons. The molecule has 4 nitrogen and oxygen atoms in total. The van der Waals surface area contributed by atoms with E-state index in [1.165, 1.54) is 12.1 Å². The molecule has 0 bridgehead atoms. The molecule has 0 aliphatic carbocycles. The third-order valence-electron chi connectivity index (χ3n) is 2.92. The highest BCUT2D eigenvalue weighted by molar-refractivity contribution is 7.92. The standard InChI is InChI=1S/C15H17FN2O2S/c1-2-21(19,20)18-15-8-6-14(7-9-15)17-11-12-4-3-5-13(16)10-12/h3-10,17-18H,2,11H2,1H3. The molecule has 0 heterocycles. The van der Waals surface area contributed by atoms with Crippen LogP contribution in [0.25, 0.3) is 0 Å². The monoisotopic (exact) mass is 308 g/mol. The van der Waals surface area contributed by atoms with E-state index in [1.54, 1.807) is 37.3 Å². The molecule has 0 aliphatic heterocycles. The van der Waals surface area contributed by atoms with Crippen LogP contribution in [0.5, 0.6) is 0 Å². The zero-order chi connectivity index (χ0) is 15.3. The van der Waals surface area contributed by atoms with Gasteiger partial charge in [-0.1, -0.05) is 12.1 Å². The van der Waals surface area contributed by atoms with Gasteiger partial charge in [-0.05, 0) is 48.9 Å². The Balaban J connectivity index is 1.96. The van der Waals surface area contributed by atoms with Crippen molar-refractivity contribution < 1.29 is 12.8 Å². The lowest BCUT2D eigenvalue weighted by Crippen LogP contribution is -2.14. The first-order valence-corrected chi connectivity index (χ1v) is 8.22. The quantitative estimate of drug-likeness (QED) is 0.861. The first-order chi connectivity index (χ1) is 9.98. The minimum atomic E-state index is -3.26. The summed E-state index contributed by atoms with van der Waals surface area (Å²) in [4.78, 5) is 0. The molecule has 0 amide bonds. The van der Waals surface area contributed by atoms with Gasteiger partial charge in [0.2, 0.25) is 10.0 Å². The number of hydrogen-bond acceptors (Lipinski definition) is 3. The summed E-state index contributed by atoms with van der Waals surface area (Å²) in [5.41, 5.74) is 2.19. The van der Waals surface area contributed by atoms with Crippen LogP contribution in [0, 0.1) is 5.82 Å². The summed E-state index contributed by atoms with van der Waals surface area (Å²) in [5.74, 6) is -0.231. The van der Waals surface area contributed by atoms with Crippen molar-refractivity contribution in [2.24, 2.45) is 0 Å². The molecule has 0 radical (unpaired) electrons. The second kappa shape index (κ2) is 6.58. The van der Waals surface area contributed by atoms with Crippen LogP contribution in [-0.2, 0) is 16.6 Å². The van der Waals surface area contributed by atoms with Gasteiger partial charge in [0.25, 0.3) is 0 Å². The van der Waals surface area contributed by atoms with Crippen molar-refractivity contribution >= 4 is 21.4 Å². The number of hydrogen-bond donors (Lipinski definition) is 2. The van der Waals surface area contributed by atoms with Crippen LogP contribution in [-0.4, -0.2) is 14.2 Å². The molecule has 2 rings (SSSR count). The van der Waals surface area contributed by atoms with E-state index in [9.17, 15) is 12.8 Å². The Morgan fingerprint density at radius 2 is 1.71 bits per heavy atom. The molecule has 0 aliphatic rings. The molecule has 6 heteroatoms. The lowest BCUT2D eigenvalue weighted by Gasteiger charge is -2.09. The van der Waals surface area contributed by atoms with Crippen LogP contribution in [0.2, 0.25) is 0 Å². The molecule has 0 saturated carbocycles. The number of rotatable bonds is 6. The Morgan fingerprint density at radius 1 is 1.05 bits per heavy atom. The molecule has 0 unspecified atom stereocenters. The maximum atomic E-state index is 13.0. The van der Waals surface area contributed by atoms with E-state index >= 15 is 0 Å². The van der Waals surface area contributed by atoms with Crippen molar-refractivity contribution in [2.75, 3.05) is 15.8 Å². The molecule has 0 atom stereocenters. The fourth-order valence-electron chi connectivity index (χ4n) is 1.76. The van der Waals surface area contributed by atoms with Gasteiger partial charge in [0.1, 0.15) is 5.82 Å². The molecule has 0 saturated heterocycles. The molecule has 0 fully saturated rings. The molecule has 2 N–H and O–H groups in total. The largest absolute Gasteiger partial charge is 0.381 e. The van der Waals surface area contributed by atoms with E-state index < -0.39 is 10.0 Å². The van der Waals surface area contributed by atoms with Crippen LogP contribution in [0.1, 0.15) is 12.5 Å². The summed E-state index contributed by atoms with van der Waals surface area (Å²) in [6.07, 6.45) is 0. The highest BCUT2D eigenvalue weighted by Crippen LogP contribution is 2.16. The van der Waals surface area contributed by atoms with Gasteiger partial charge in [-0.2, -0.15) is 0 Å². The second-order valence-electron chi connectivity index (χ2n) is 4.57. The lowest BCUT2D eigenvalue weighted by atomic mass is 10.2. The van der Waals surface area contributed by atoms with Gasteiger partial charge in [0.05, 0.1) is 5.75 Å². The van der Waals surface area contributed by atoms with Crippen LogP contribution < -0.4 is 10.0 Å². The maximum Gasteiger partial charge on any atom is 0.232 e. The third-order valence-corrected chi connectivity index (χ3v) is 4.23. The van der Waals surface area contributed by atoms with Crippen molar-refractivity contribution in [3.8, 4) is 0 Å². The van der Waals surface area contributed by atoms with E-state index in [0.29, 0.717) is 12.2 Å². The Hall–Kier alpha value is -2.08.